The minimum Gasteiger partial charge on any atom is -0.491 e. The van der Waals surface area contributed by atoms with Crippen LogP contribution in [0.3, 0.4) is 0 Å². The highest BCUT2D eigenvalue weighted by Crippen LogP contribution is 2.23. The van der Waals surface area contributed by atoms with Gasteiger partial charge in [-0.3, -0.25) is 0 Å². The van der Waals surface area contributed by atoms with Crippen molar-refractivity contribution in [1.82, 2.24) is 0 Å². The first-order valence-electron chi connectivity index (χ1n) is 7.24. The highest BCUT2D eigenvalue weighted by Gasteiger charge is 2.06. The molecule has 0 heterocycles. The molecule has 2 nitrogen and oxygen atoms in total. The predicted octanol–water partition coefficient (Wildman–Crippen LogP) is 4.76. The van der Waals surface area contributed by atoms with E-state index in [4.69, 9.17) is 4.74 Å². The molecule has 0 aliphatic carbocycles. The van der Waals surface area contributed by atoms with E-state index in [1.807, 2.05) is 13.0 Å². The van der Waals surface area contributed by atoms with Gasteiger partial charge in [-0.15, -0.1) is 0 Å². The first-order chi connectivity index (χ1) is 10.0. The van der Waals surface area contributed by atoms with Crippen molar-refractivity contribution in [3.8, 4) is 5.75 Å². The minimum absolute atomic E-state index is 0.297. The van der Waals surface area contributed by atoms with Gasteiger partial charge in [-0.1, -0.05) is 17.7 Å². The fraction of sp³-hybridized carbons (Fsp3) is 0.333. The third-order valence-corrected chi connectivity index (χ3v) is 3.54. The van der Waals surface area contributed by atoms with Crippen molar-refractivity contribution in [2.75, 3.05) is 11.9 Å². The number of aryl methyl sites for hydroxylation is 3. The van der Waals surface area contributed by atoms with Gasteiger partial charge >= 0.3 is 0 Å². The van der Waals surface area contributed by atoms with Gasteiger partial charge in [-0.2, -0.15) is 0 Å². The summed E-state index contributed by atoms with van der Waals surface area (Å²) in [5.74, 6) is -0.0371. The number of ether oxygens (including phenoxy) is 1. The van der Waals surface area contributed by atoms with Crippen LogP contribution in [-0.4, -0.2) is 6.61 Å². The lowest BCUT2D eigenvalue weighted by Crippen LogP contribution is -2.04. The van der Waals surface area contributed by atoms with E-state index in [1.54, 1.807) is 6.07 Å². The van der Waals surface area contributed by atoms with E-state index < -0.39 is 0 Å². The minimum atomic E-state index is -0.334. The quantitative estimate of drug-likeness (QED) is 0.856. The second-order valence-electron chi connectivity index (χ2n) is 5.31. The zero-order valence-electron chi connectivity index (χ0n) is 13.1. The summed E-state index contributed by atoms with van der Waals surface area (Å²) < 4.78 is 19.0. The van der Waals surface area contributed by atoms with E-state index in [-0.39, 0.29) is 5.82 Å². The van der Waals surface area contributed by atoms with Crippen molar-refractivity contribution in [2.45, 2.75) is 34.2 Å². The van der Waals surface area contributed by atoms with Gasteiger partial charge in [0.2, 0.25) is 0 Å². The van der Waals surface area contributed by atoms with E-state index in [9.17, 15) is 4.39 Å². The zero-order valence-corrected chi connectivity index (χ0v) is 13.1. The lowest BCUT2D eigenvalue weighted by atomic mass is 10.00. The third kappa shape index (κ3) is 3.75. The van der Waals surface area contributed by atoms with Crippen molar-refractivity contribution >= 4 is 5.69 Å². The maximum absolute atomic E-state index is 13.8. The number of rotatable bonds is 5. The molecule has 1 N–H and O–H groups in total. The molecule has 0 spiro atoms. The molecule has 0 atom stereocenters. The largest absolute Gasteiger partial charge is 0.491 e. The van der Waals surface area contributed by atoms with Crippen LogP contribution in [0.15, 0.2) is 30.3 Å². The molecular weight excluding hydrogens is 265 g/mol. The first kappa shape index (κ1) is 15.4. The Morgan fingerprint density at radius 1 is 1.05 bits per heavy atom. The second kappa shape index (κ2) is 6.61. The summed E-state index contributed by atoms with van der Waals surface area (Å²) in [6, 6.07) is 9.32. The van der Waals surface area contributed by atoms with Crippen LogP contribution in [0.5, 0.6) is 5.75 Å². The van der Waals surface area contributed by atoms with E-state index in [2.05, 4.69) is 38.2 Å². The van der Waals surface area contributed by atoms with Gasteiger partial charge in [0.1, 0.15) is 0 Å². The van der Waals surface area contributed by atoms with Crippen LogP contribution >= 0.6 is 0 Å². The number of halogens is 1. The van der Waals surface area contributed by atoms with Gasteiger partial charge in [0.25, 0.3) is 0 Å². The topological polar surface area (TPSA) is 21.3 Å². The Morgan fingerprint density at radius 2 is 1.71 bits per heavy atom. The van der Waals surface area contributed by atoms with Gasteiger partial charge in [0, 0.05) is 18.3 Å². The molecule has 0 saturated heterocycles. The van der Waals surface area contributed by atoms with Crippen molar-refractivity contribution < 1.29 is 9.13 Å². The van der Waals surface area contributed by atoms with E-state index in [1.165, 1.54) is 28.3 Å². The normalized spacial score (nSPS) is 10.5. The second-order valence-corrected chi connectivity index (χ2v) is 5.31. The molecule has 0 aliphatic rings. The Labute approximate surface area is 126 Å². The molecule has 0 aromatic heterocycles. The van der Waals surface area contributed by atoms with Crippen LogP contribution in [0, 0.1) is 26.6 Å². The van der Waals surface area contributed by atoms with Crippen LogP contribution in [0.2, 0.25) is 0 Å². The van der Waals surface area contributed by atoms with Crippen molar-refractivity contribution in [1.29, 1.82) is 0 Å². The highest BCUT2D eigenvalue weighted by atomic mass is 19.1. The molecule has 3 heteroatoms. The SMILES string of the molecule is CCOc1ccc(NCc2c(C)cc(C)cc2C)cc1F. The van der Waals surface area contributed by atoms with Crippen LogP contribution < -0.4 is 10.1 Å². The van der Waals surface area contributed by atoms with E-state index in [0.717, 1.165) is 5.69 Å². The fourth-order valence-corrected chi connectivity index (χ4v) is 2.56. The third-order valence-electron chi connectivity index (χ3n) is 3.54. The summed E-state index contributed by atoms with van der Waals surface area (Å²) in [6.45, 7) is 9.30. The molecule has 0 fully saturated rings. The van der Waals surface area contributed by atoms with E-state index in [0.29, 0.717) is 18.9 Å². The summed E-state index contributed by atoms with van der Waals surface area (Å²) in [7, 11) is 0. The Bertz CT molecular complexity index is 614. The van der Waals surface area contributed by atoms with Crippen LogP contribution in [0.4, 0.5) is 10.1 Å². The Morgan fingerprint density at radius 3 is 2.29 bits per heavy atom. The first-order valence-corrected chi connectivity index (χ1v) is 7.24. The van der Waals surface area contributed by atoms with Crippen LogP contribution in [0.25, 0.3) is 0 Å². The molecule has 21 heavy (non-hydrogen) atoms. The van der Waals surface area contributed by atoms with Crippen LogP contribution in [-0.2, 0) is 6.54 Å². The molecule has 2 aromatic carbocycles. The van der Waals surface area contributed by atoms with Gasteiger partial charge < -0.3 is 10.1 Å². The average molecular weight is 287 g/mol. The summed E-state index contributed by atoms with van der Waals surface area (Å²) in [5.41, 5.74) is 5.80. The number of hydrogen-bond donors (Lipinski definition) is 1. The molecule has 0 bridgehead atoms. The van der Waals surface area contributed by atoms with E-state index >= 15 is 0 Å². The van der Waals surface area contributed by atoms with Gasteiger partial charge in [-0.05, 0) is 56.5 Å². The molecule has 0 amide bonds. The molecule has 0 aliphatic heterocycles. The van der Waals surface area contributed by atoms with Gasteiger partial charge in [0.05, 0.1) is 6.61 Å². The lowest BCUT2D eigenvalue weighted by Gasteiger charge is -2.14. The number of hydrogen-bond acceptors (Lipinski definition) is 2. The standard InChI is InChI=1S/C18H22FNO/c1-5-21-18-7-6-15(10-17(18)19)20-11-16-13(3)8-12(2)9-14(16)4/h6-10,20H,5,11H2,1-4H3. The van der Waals surface area contributed by atoms with Crippen molar-refractivity contribution in [2.24, 2.45) is 0 Å². The monoisotopic (exact) mass is 287 g/mol. The molecule has 0 saturated carbocycles. The predicted molar refractivity (Wildman–Crippen MR) is 85.5 cm³/mol. The molecule has 0 unspecified atom stereocenters. The summed E-state index contributed by atoms with van der Waals surface area (Å²) in [5, 5.41) is 3.28. The van der Waals surface area contributed by atoms with Gasteiger partial charge in [-0.25, -0.2) is 4.39 Å². The Kier molecular flexibility index (Phi) is 4.84. The molecule has 2 rings (SSSR count). The smallest absolute Gasteiger partial charge is 0.167 e. The number of nitrogens with one attached hydrogen (secondary N) is 1. The number of anilines is 1. The summed E-state index contributed by atoms with van der Waals surface area (Å²) in [4.78, 5) is 0. The van der Waals surface area contributed by atoms with Crippen molar-refractivity contribution in [3.63, 3.8) is 0 Å². The number of benzene rings is 2. The molecule has 112 valence electrons. The average Bonchev–Trinajstić information content (AvgIpc) is 2.40. The molecule has 2 aromatic rings. The summed E-state index contributed by atoms with van der Waals surface area (Å²) >= 11 is 0. The van der Waals surface area contributed by atoms with Gasteiger partial charge in [0.15, 0.2) is 11.6 Å². The molecular formula is C18H22FNO. The highest BCUT2D eigenvalue weighted by molar-refractivity contribution is 5.49. The molecule has 0 radical (unpaired) electrons. The fourth-order valence-electron chi connectivity index (χ4n) is 2.56. The Balaban J connectivity index is 2.12. The van der Waals surface area contributed by atoms with Crippen LogP contribution in [0.1, 0.15) is 29.2 Å². The maximum Gasteiger partial charge on any atom is 0.167 e. The Hall–Kier alpha value is -2.03. The zero-order chi connectivity index (χ0) is 15.4. The van der Waals surface area contributed by atoms with Crippen molar-refractivity contribution in [3.05, 3.63) is 58.4 Å². The summed E-state index contributed by atoms with van der Waals surface area (Å²) in [6.07, 6.45) is 0. The maximum atomic E-state index is 13.8. The lowest BCUT2D eigenvalue weighted by molar-refractivity contribution is 0.321.